The number of rotatable bonds is 10. The molecule has 39 heavy (non-hydrogen) atoms. The fourth-order valence-corrected chi connectivity index (χ4v) is 4.14. The lowest BCUT2D eigenvalue weighted by atomic mass is 10.0. The molecule has 1 aromatic heterocycles. The van der Waals surface area contributed by atoms with Crippen LogP contribution in [0.3, 0.4) is 0 Å². The van der Waals surface area contributed by atoms with E-state index in [1.807, 2.05) is 88.9 Å². The second-order valence-electron chi connectivity index (χ2n) is 11.3. The lowest BCUT2D eigenvalue weighted by molar-refractivity contribution is -0.171. The van der Waals surface area contributed by atoms with Crippen molar-refractivity contribution >= 4 is 11.9 Å². The van der Waals surface area contributed by atoms with Gasteiger partial charge in [-0.05, 0) is 84.2 Å². The zero-order valence-corrected chi connectivity index (χ0v) is 24.6. The maximum atomic E-state index is 12.7. The lowest BCUT2D eigenvalue weighted by Gasteiger charge is -2.30. The van der Waals surface area contributed by atoms with E-state index < -0.39 is 17.2 Å². The van der Waals surface area contributed by atoms with Gasteiger partial charge < -0.3 is 14.8 Å². The van der Waals surface area contributed by atoms with E-state index in [2.05, 4.69) is 10.4 Å². The second kappa shape index (κ2) is 12.0. The van der Waals surface area contributed by atoms with E-state index in [1.54, 1.807) is 25.7 Å². The van der Waals surface area contributed by atoms with Crippen molar-refractivity contribution in [1.29, 1.82) is 0 Å². The number of aromatic nitrogens is 3. The number of nitrogens with one attached hydrogen (secondary N) is 1. The largest absolute Gasteiger partial charge is 0.476 e. The van der Waals surface area contributed by atoms with Crippen LogP contribution >= 0.6 is 0 Å². The highest BCUT2D eigenvalue weighted by Gasteiger charge is 2.35. The number of amides is 1. The molecule has 0 aliphatic rings. The fourth-order valence-electron chi connectivity index (χ4n) is 4.14. The molecule has 1 heterocycles. The molecule has 1 amide bonds. The predicted octanol–water partition coefficient (Wildman–Crippen LogP) is 4.44. The summed E-state index contributed by atoms with van der Waals surface area (Å²) in [6, 6.07) is 13.8. The molecular weight excluding hydrogens is 494 g/mol. The predicted molar refractivity (Wildman–Crippen MR) is 151 cm³/mol. The lowest BCUT2D eigenvalue weighted by Crippen LogP contribution is -2.43. The molecule has 0 unspecified atom stereocenters. The van der Waals surface area contributed by atoms with E-state index in [9.17, 15) is 9.59 Å². The summed E-state index contributed by atoms with van der Waals surface area (Å²) in [4.78, 5) is 28.8. The Labute approximate surface area is 231 Å². The molecule has 0 saturated carbocycles. The number of carbonyl (C=O) groups is 2. The summed E-state index contributed by atoms with van der Waals surface area (Å²) in [6.07, 6.45) is 0. The Bertz CT molecular complexity index is 1290. The molecule has 0 aliphatic heterocycles. The first-order valence-corrected chi connectivity index (χ1v) is 13.1. The second-order valence-corrected chi connectivity index (χ2v) is 11.3. The number of benzene rings is 2. The summed E-state index contributed by atoms with van der Waals surface area (Å²) in [7, 11) is 1.63. The average Bonchev–Trinajstić information content (AvgIpc) is 3.20. The minimum Gasteiger partial charge on any atom is -0.476 e. The van der Waals surface area contributed by atoms with Crippen molar-refractivity contribution in [3.63, 3.8) is 0 Å². The molecule has 3 rings (SSSR count). The maximum absolute atomic E-state index is 12.7. The molecule has 210 valence electrons. The van der Waals surface area contributed by atoms with Gasteiger partial charge in [0.2, 0.25) is 5.91 Å². The number of carbonyl (C=O) groups excluding carboxylic acids is 2. The van der Waals surface area contributed by atoms with Crippen LogP contribution in [0.15, 0.2) is 42.5 Å². The van der Waals surface area contributed by atoms with Crippen molar-refractivity contribution in [3.05, 3.63) is 70.5 Å². The smallest absolute Gasteiger partial charge is 0.350 e. The van der Waals surface area contributed by atoms with Crippen LogP contribution in [0.4, 0.5) is 0 Å². The summed E-state index contributed by atoms with van der Waals surface area (Å²) in [5.74, 6) is 0.137. The Kier molecular flexibility index (Phi) is 9.17. The first-order valence-electron chi connectivity index (χ1n) is 13.1. The minimum absolute atomic E-state index is 0.0874. The van der Waals surface area contributed by atoms with Crippen molar-refractivity contribution in [2.75, 3.05) is 13.6 Å². The third-order valence-electron chi connectivity index (χ3n) is 6.06. The van der Waals surface area contributed by atoms with Gasteiger partial charge in [0.1, 0.15) is 17.0 Å². The molecule has 1 N–H and O–H groups in total. The van der Waals surface area contributed by atoms with Gasteiger partial charge in [-0.25, -0.2) is 4.79 Å². The van der Waals surface area contributed by atoms with Crippen LogP contribution in [0.1, 0.15) is 62.7 Å². The Balaban J connectivity index is 1.82. The van der Waals surface area contributed by atoms with Gasteiger partial charge in [0.15, 0.2) is 5.60 Å². The number of hydrogen-bond acceptors (Lipinski definition) is 7. The summed E-state index contributed by atoms with van der Waals surface area (Å²) in [5.41, 5.74) is 3.53. The number of esters is 1. The SMILES string of the molecule is CNC(=O)CN(Cc1cc(C)c(OC(C)(C)C(=O)OC(C)(C)C)c(C)c1)Cc1nn(-c2ccccc2)nc1C. The number of hydrogen-bond donors (Lipinski definition) is 1. The van der Waals surface area contributed by atoms with Gasteiger partial charge >= 0.3 is 5.97 Å². The average molecular weight is 536 g/mol. The monoisotopic (exact) mass is 535 g/mol. The summed E-state index contributed by atoms with van der Waals surface area (Å²) in [6.45, 7) is 15.9. The van der Waals surface area contributed by atoms with Crippen molar-refractivity contribution in [2.45, 2.75) is 79.7 Å². The maximum Gasteiger partial charge on any atom is 0.350 e. The van der Waals surface area contributed by atoms with E-state index in [-0.39, 0.29) is 12.5 Å². The number of para-hydroxylation sites is 1. The molecule has 0 aliphatic carbocycles. The first kappa shape index (κ1) is 29.8. The topological polar surface area (TPSA) is 98.6 Å². The first-order chi connectivity index (χ1) is 18.2. The minimum atomic E-state index is -1.16. The quantitative estimate of drug-likeness (QED) is 0.383. The summed E-state index contributed by atoms with van der Waals surface area (Å²) < 4.78 is 11.7. The molecule has 0 saturated heterocycles. The van der Waals surface area contributed by atoms with Crippen LogP contribution in [-0.4, -0.2) is 56.6 Å². The van der Waals surface area contributed by atoms with E-state index in [4.69, 9.17) is 14.6 Å². The normalized spacial score (nSPS) is 11.9. The molecule has 3 aromatic rings. The zero-order chi connectivity index (χ0) is 29.0. The van der Waals surface area contributed by atoms with Gasteiger partial charge in [-0.1, -0.05) is 30.3 Å². The molecule has 9 nitrogen and oxygen atoms in total. The van der Waals surface area contributed by atoms with Crippen LogP contribution in [0, 0.1) is 20.8 Å². The number of nitrogens with zero attached hydrogens (tertiary/aromatic N) is 4. The molecule has 2 aromatic carbocycles. The van der Waals surface area contributed by atoms with Crippen LogP contribution in [0.2, 0.25) is 0 Å². The molecule has 0 bridgehead atoms. The number of aryl methyl sites for hydroxylation is 3. The number of likely N-dealkylation sites (N-methyl/N-ethyl adjacent to an activating group) is 1. The van der Waals surface area contributed by atoms with Crippen LogP contribution in [-0.2, 0) is 27.4 Å². The van der Waals surface area contributed by atoms with Gasteiger partial charge in [0, 0.05) is 20.1 Å². The van der Waals surface area contributed by atoms with E-state index in [0.29, 0.717) is 18.8 Å². The van der Waals surface area contributed by atoms with Crippen molar-refractivity contribution in [1.82, 2.24) is 25.2 Å². The molecule has 0 spiro atoms. The molecule has 9 heteroatoms. The number of ether oxygens (including phenoxy) is 2. The van der Waals surface area contributed by atoms with Gasteiger partial charge in [0.05, 0.1) is 17.9 Å². The summed E-state index contributed by atoms with van der Waals surface area (Å²) in [5, 5.41) is 12.0. The Hall–Kier alpha value is -3.72. The highest BCUT2D eigenvalue weighted by atomic mass is 16.6. The molecular formula is C30H41N5O4. The molecule has 0 radical (unpaired) electrons. The Morgan fingerprint density at radius 3 is 2.13 bits per heavy atom. The van der Waals surface area contributed by atoms with Gasteiger partial charge in [0.25, 0.3) is 0 Å². The van der Waals surface area contributed by atoms with Gasteiger partial charge in [-0.15, -0.1) is 0 Å². The van der Waals surface area contributed by atoms with Crippen molar-refractivity contribution < 1.29 is 19.1 Å². The van der Waals surface area contributed by atoms with E-state index >= 15 is 0 Å². The van der Waals surface area contributed by atoms with E-state index in [1.165, 1.54) is 0 Å². The highest BCUT2D eigenvalue weighted by molar-refractivity contribution is 5.79. The zero-order valence-electron chi connectivity index (χ0n) is 24.6. The van der Waals surface area contributed by atoms with Crippen molar-refractivity contribution in [3.8, 4) is 11.4 Å². The van der Waals surface area contributed by atoms with Crippen molar-refractivity contribution in [2.24, 2.45) is 0 Å². The Morgan fingerprint density at radius 2 is 1.56 bits per heavy atom. The third-order valence-corrected chi connectivity index (χ3v) is 6.06. The van der Waals surface area contributed by atoms with Gasteiger partial charge in [-0.2, -0.15) is 15.0 Å². The van der Waals surface area contributed by atoms with Gasteiger partial charge in [-0.3, -0.25) is 9.69 Å². The van der Waals surface area contributed by atoms with Crippen LogP contribution in [0.5, 0.6) is 5.75 Å². The summed E-state index contributed by atoms with van der Waals surface area (Å²) >= 11 is 0. The van der Waals surface area contributed by atoms with E-state index in [0.717, 1.165) is 33.8 Å². The fraction of sp³-hybridized carbons (Fsp3) is 0.467. The highest BCUT2D eigenvalue weighted by Crippen LogP contribution is 2.30. The van der Waals surface area contributed by atoms with Crippen LogP contribution in [0.25, 0.3) is 5.69 Å². The molecule has 0 atom stereocenters. The standard InChI is InChI=1S/C30H41N5O4/c1-20-15-23(16-21(2)27(20)38-30(7,8)28(37)39-29(4,5)6)17-34(19-26(36)31-9)18-25-22(3)32-35(33-25)24-13-11-10-12-14-24/h10-16H,17-19H2,1-9H3,(H,31,36). The molecule has 0 fully saturated rings. The van der Waals surface area contributed by atoms with Crippen LogP contribution < -0.4 is 10.1 Å². The third kappa shape index (κ3) is 8.13. The Morgan fingerprint density at radius 1 is 0.949 bits per heavy atom.